The highest BCUT2D eigenvalue weighted by molar-refractivity contribution is 5.95. The van der Waals surface area contributed by atoms with Gasteiger partial charge in [-0.1, -0.05) is 42.4 Å². The SMILES string of the molecule is Cc1cc(OCC2(C)COC2)nn2c(N)[n+](CC(=O)c3cc(OCCO)cc(C(C)(C)C)c3)nc12. The number of ether oxygens (including phenoxy) is 3. The molecule has 0 spiro atoms. The van der Waals surface area contributed by atoms with Crippen LogP contribution in [-0.2, 0) is 16.7 Å². The van der Waals surface area contributed by atoms with Gasteiger partial charge in [-0.2, -0.15) is 0 Å². The molecule has 0 saturated carbocycles. The fraction of sp³-hybridized carbons (Fsp3) is 0.520. The summed E-state index contributed by atoms with van der Waals surface area (Å²) in [6.07, 6.45) is 0. The number of aliphatic hydroxyl groups is 1. The number of aromatic nitrogens is 4. The minimum Gasteiger partial charge on any atom is -0.491 e. The highest BCUT2D eigenvalue weighted by Gasteiger charge is 2.34. The lowest BCUT2D eigenvalue weighted by Gasteiger charge is -2.37. The first-order chi connectivity index (χ1) is 16.5. The number of hydrogen-bond donors (Lipinski definition) is 2. The number of aryl methyl sites for hydroxylation is 1. The van der Waals surface area contributed by atoms with Crippen molar-refractivity contribution in [2.45, 2.75) is 46.6 Å². The molecule has 3 N–H and O–H groups in total. The molecule has 1 aliphatic rings. The van der Waals surface area contributed by atoms with Crippen molar-refractivity contribution in [1.29, 1.82) is 0 Å². The maximum absolute atomic E-state index is 13.3. The molecular formula is C25H34N5O5+. The zero-order valence-corrected chi connectivity index (χ0v) is 21.0. The average Bonchev–Trinajstić information content (AvgIpc) is 3.10. The van der Waals surface area contributed by atoms with Crippen molar-refractivity contribution >= 4 is 17.4 Å². The Morgan fingerprint density at radius 2 is 2.00 bits per heavy atom. The van der Waals surface area contributed by atoms with E-state index in [-0.39, 0.29) is 42.3 Å². The molecule has 4 rings (SSSR count). The molecule has 1 aromatic carbocycles. The van der Waals surface area contributed by atoms with Gasteiger partial charge in [0, 0.05) is 22.6 Å². The van der Waals surface area contributed by atoms with E-state index in [1.165, 1.54) is 9.20 Å². The van der Waals surface area contributed by atoms with Crippen LogP contribution in [0.2, 0.25) is 0 Å². The Morgan fingerprint density at radius 1 is 1.26 bits per heavy atom. The lowest BCUT2D eigenvalue weighted by atomic mass is 9.85. The predicted molar refractivity (Wildman–Crippen MR) is 129 cm³/mol. The van der Waals surface area contributed by atoms with Gasteiger partial charge in [0.15, 0.2) is 12.3 Å². The molecule has 0 unspecified atom stereocenters. The van der Waals surface area contributed by atoms with Crippen LogP contribution in [0, 0.1) is 12.3 Å². The van der Waals surface area contributed by atoms with Gasteiger partial charge >= 0.3 is 5.95 Å². The number of Topliss-reactive ketones (excluding diaryl/α,β-unsaturated/α-hetero) is 1. The van der Waals surface area contributed by atoms with Crippen LogP contribution in [0.4, 0.5) is 5.95 Å². The van der Waals surface area contributed by atoms with Crippen LogP contribution >= 0.6 is 0 Å². The highest BCUT2D eigenvalue weighted by atomic mass is 16.5. The first-order valence-corrected chi connectivity index (χ1v) is 11.7. The summed E-state index contributed by atoms with van der Waals surface area (Å²) in [5, 5.41) is 18.1. The van der Waals surface area contributed by atoms with Crippen molar-refractivity contribution in [3.63, 3.8) is 0 Å². The minimum absolute atomic E-state index is 0.0152. The van der Waals surface area contributed by atoms with Gasteiger partial charge in [-0.15, -0.1) is 4.68 Å². The molecule has 1 aliphatic heterocycles. The van der Waals surface area contributed by atoms with E-state index < -0.39 is 0 Å². The third-order valence-electron chi connectivity index (χ3n) is 6.01. The third-order valence-corrected chi connectivity index (χ3v) is 6.01. The van der Waals surface area contributed by atoms with E-state index in [0.717, 1.165) is 11.1 Å². The van der Waals surface area contributed by atoms with Gasteiger partial charge in [0.05, 0.1) is 26.4 Å². The number of carbonyl (C=O) groups is 1. The Kier molecular flexibility index (Phi) is 6.70. The van der Waals surface area contributed by atoms with Crippen molar-refractivity contribution in [3.8, 4) is 11.6 Å². The number of hydrogen-bond acceptors (Lipinski definition) is 8. The molecule has 0 atom stereocenters. The molecular weight excluding hydrogens is 450 g/mol. The second-order valence-electron chi connectivity index (χ2n) is 10.5. The van der Waals surface area contributed by atoms with E-state index in [1.54, 1.807) is 6.07 Å². The number of aliphatic hydroxyl groups excluding tert-OH is 1. The number of benzene rings is 1. The summed E-state index contributed by atoms with van der Waals surface area (Å²) in [6.45, 7) is 12.0. The number of anilines is 1. The molecule has 0 radical (unpaired) electrons. The molecule has 0 amide bonds. The zero-order valence-electron chi connectivity index (χ0n) is 21.0. The number of carbonyl (C=O) groups excluding carboxylic acids is 1. The Bertz CT molecular complexity index is 1240. The fourth-order valence-electron chi connectivity index (χ4n) is 3.78. The molecule has 0 bridgehead atoms. The number of nitrogen functional groups attached to an aromatic ring is 1. The monoisotopic (exact) mass is 484 g/mol. The number of nitrogens with two attached hydrogens (primary N) is 1. The summed E-state index contributed by atoms with van der Waals surface area (Å²) in [5.74, 6) is 1.03. The largest absolute Gasteiger partial charge is 0.491 e. The smallest absolute Gasteiger partial charge is 0.401 e. The Labute approximate surface area is 204 Å². The van der Waals surface area contributed by atoms with Gasteiger partial charge in [-0.05, 0) is 36.1 Å². The van der Waals surface area contributed by atoms with Crippen LogP contribution in [0.3, 0.4) is 0 Å². The second-order valence-corrected chi connectivity index (χ2v) is 10.5. The third kappa shape index (κ3) is 5.38. The van der Waals surface area contributed by atoms with Gasteiger partial charge in [0.2, 0.25) is 5.88 Å². The zero-order chi connectivity index (χ0) is 25.4. The summed E-state index contributed by atoms with van der Waals surface area (Å²) < 4.78 is 19.7. The van der Waals surface area contributed by atoms with E-state index in [0.29, 0.717) is 42.7 Å². The van der Waals surface area contributed by atoms with Crippen LogP contribution in [0.25, 0.3) is 5.65 Å². The van der Waals surface area contributed by atoms with Gasteiger partial charge < -0.3 is 19.3 Å². The van der Waals surface area contributed by atoms with Gasteiger partial charge in [-0.3, -0.25) is 10.5 Å². The van der Waals surface area contributed by atoms with E-state index in [2.05, 4.69) is 37.9 Å². The van der Waals surface area contributed by atoms with Crippen molar-refractivity contribution in [3.05, 3.63) is 41.0 Å². The molecule has 188 valence electrons. The van der Waals surface area contributed by atoms with Gasteiger partial charge in [-0.25, -0.2) is 0 Å². The molecule has 0 aliphatic carbocycles. The maximum Gasteiger partial charge on any atom is 0.401 e. The van der Waals surface area contributed by atoms with Crippen molar-refractivity contribution in [2.24, 2.45) is 5.41 Å². The van der Waals surface area contributed by atoms with Gasteiger partial charge in [0.1, 0.15) is 12.4 Å². The molecule has 10 heteroatoms. The van der Waals surface area contributed by atoms with Crippen molar-refractivity contribution in [2.75, 3.05) is 38.8 Å². The molecule has 10 nitrogen and oxygen atoms in total. The van der Waals surface area contributed by atoms with E-state index >= 15 is 0 Å². The first kappa shape index (κ1) is 24.9. The average molecular weight is 485 g/mol. The van der Waals surface area contributed by atoms with Crippen LogP contribution in [0.5, 0.6) is 11.6 Å². The summed E-state index contributed by atoms with van der Waals surface area (Å²) in [7, 11) is 0. The second kappa shape index (κ2) is 9.43. The topological polar surface area (TPSA) is 125 Å². The van der Waals surface area contributed by atoms with Gasteiger partial charge in [0.25, 0.3) is 5.65 Å². The summed E-state index contributed by atoms with van der Waals surface area (Å²) >= 11 is 0. The number of nitrogens with zero attached hydrogens (tertiary/aromatic N) is 4. The normalized spacial score (nSPS) is 15.1. The molecule has 1 fully saturated rings. The Hall–Kier alpha value is -3.24. The highest BCUT2D eigenvalue weighted by Crippen LogP contribution is 2.29. The van der Waals surface area contributed by atoms with E-state index in [1.807, 2.05) is 25.1 Å². The van der Waals surface area contributed by atoms with E-state index in [4.69, 9.17) is 25.1 Å². The molecule has 3 aromatic rings. The quantitative estimate of drug-likeness (QED) is 0.348. The lowest BCUT2D eigenvalue weighted by Crippen LogP contribution is -2.44. The van der Waals surface area contributed by atoms with Crippen LogP contribution in [0.1, 0.15) is 49.2 Å². The summed E-state index contributed by atoms with van der Waals surface area (Å²) in [4.78, 5) is 13.3. The maximum atomic E-state index is 13.3. The summed E-state index contributed by atoms with van der Waals surface area (Å²) in [5.41, 5.74) is 8.95. The van der Waals surface area contributed by atoms with Crippen molar-refractivity contribution < 1.29 is 28.8 Å². The van der Waals surface area contributed by atoms with E-state index in [9.17, 15) is 4.79 Å². The van der Waals surface area contributed by atoms with Crippen LogP contribution in [-0.4, -0.2) is 58.6 Å². The fourth-order valence-corrected chi connectivity index (χ4v) is 3.78. The molecule has 1 saturated heterocycles. The molecule has 2 aromatic heterocycles. The lowest BCUT2D eigenvalue weighted by molar-refractivity contribution is -0.723. The van der Waals surface area contributed by atoms with Crippen LogP contribution in [0.15, 0.2) is 24.3 Å². The first-order valence-electron chi connectivity index (χ1n) is 11.7. The standard InChI is InChI=1S/C25H33N5O5/c1-16-8-21(35-15-25(5)13-33-14-25)27-30-22(16)28-29(23(30)26)12-20(32)17-9-18(24(2,3)4)11-19(10-17)34-7-6-31/h8-11,26,31H,6-7,12-15H2,1-5H3/p+1. The predicted octanol–water partition coefficient (Wildman–Crippen LogP) is 1.87. The Balaban J connectivity index is 1.59. The molecule has 3 heterocycles. The molecule has 35 heavy (non-hydrogen) atoms. The number of rotatable bonds is 9. The Morgan fingerprint density at radius 3 is 2.63 bits per heavy atom. The number of ketones is 1. The number of fused-ring (bicyclic) bond motifs is 1. The van der Waals surface area contributed by atoms with Crippen molar-refractivity contribution in [1.82, 2.24) is 14.7 Å². The minimum atomic E-state index is -0.191. The summed E-state index contributed by atoms with van der Waals surface area (Å²) in [6, 6.07) is 7.25. The van der Waals surface area contributed by atoms with Crippen LogP contribution < -0.4 is 19.9 Å².